The summed E-state index contributed by atoms with van der Waals surface area (Å²) in [6.45, 7) is 1.69. The van der Waals surface area contributed by atoms with Gasteiger partial charge in [0.25, 0.3) is 10.2 Å². The molecule has 0 aliphatic carbocycles. The molecule has 0 heterocycles. The Hall–Kier alpha value is -1.05. The Kier molecular flexibility index (Phi) is 3.95. The van der Waals surface area contributed by atoms with Crippen molar-refractivity contribution in [3.8, 4) is 0 Å². The first-order valence-electron chi connectivity index (χ1n) is 4.56. The maximum absolute atomic E-state index is 12.9. The maximum atomic E-state index is 12.9. The van der Waals surface area contributed by atoms with E-state index < -0.39 is 21.8 Å². The van der Waals surface area contributed by atoms with Crippen molar-refractivity contribution in [2.75, 3.05) is 6.54 Å². The van der Waals surface area contributed by atoms with Gasteiger partial charge in [0, 0.05) is 13.1 Å². The number of nitrogens with zero attached hydrogens (tertiary/aromatic N) is 1. The van der Waals surface area contributed by atoms with Crippen molar-refractivity contribution < 1.29 is 17.2 Å². The van der Waals surface area contributed by atoms with Crippen molar-refractivity contribution in [3.63, 3.8) is 0 Å². The van der Waals surface area contributed by atoms with Crippen molar-refractivity contribution in [1.29, 1.82) is 0 Å². The Balaban J connectivity index is 2.91. The molecule has 0 aromatic heterocycles. The molecule has 0 amide bonds. The molecule has 0 aliphatic rings. The van der Waals surface area contributed by atoms with E-state index in [9.17, 15) is 17.2 Å². The third-order valence-electron chi connectivity index (χ3n) is 2.06. The average Bonchev–Trinajstić information content (AvgIpc) is 2.18. The van der Waals surface area contributed by atoms with E-state index in [1.54, 1.807) is 6.92 Å². The molecule has 0 fully saturated rings. The summed E-state index contributed by atoms with van der Waals surface area (Å²) in [5.41, 5.74) is 0.342. The van der Waals surface area contributed by atoms with Gasteiger partial charge >= 0.3 is 0 Å². The second-order valence-electron chi connectivity index (χ2n) is 3.22. The number of rotatable bonds is 4. The van der Waals surface area contributed by atoms with E-state index in [0.29, 0.717) is 5.56 Å². The Bertz CT molecular complexity index is 476. The smallest absolute Gasteiger partial charge is 0.216 e. The zero-order chi connectivity index (χ0) is 12.3. The van der Waals surface area contributed by atoms with E-state index in [4.69, 9.17) is 5.14 Å². The summed E-state index contributed by atoms with van der Waals surface area (Å²) in [7, 11) is -3.82. The fraction of sp³-hybridized carbons (Fsp3) is 0.333. The molecule has 0 aliphatic heterocycles. The van der Waals surface area contributed by atoms with Gasteiger partial charge < -0.3 is 0 Å². The average molecular weight is 250 g/mol. The van der Waals surface area contributed by atoms with Crippen molar-refractivity contribution >= 4 is 10.2 Å². The molecule has 0 unspecified atom stereocenters. The molecule has 0 saturated heterocycles. The highest BCUT2D eigenvalue weighted by molar-refractivity contribution is 7.86. The van der Waals surface area contributed by atoms with E-state index in [1.807, 2.05) is 0 Å². The molecule has 90 valence electrons. The van der Waals surface area contributed by atoms with Crippen LogP contribution in [0.1, 0.15) is 12.5 Å². The normalized spacial score (nSPS) is 12.1. The van der Waals surface area contributed by atoms with Crippen LogP contribution in [0.5, 0.6) is 0 Å². The van der Waals surface area contributed by atoms with Crippen LogP contribution < -0.4 is 5.14 Å². The molecule has 0 bridgehead atoms. The Morgan fingerprint density at radius 3 is 2.38 bits per heavy atom. The predicted octanol–water partition coefficient (Wildman–Crippen LogP) is 0.990. The lowest BCUT2D eigenvalue weighted by atomic mass is 10.2. The lowest BCUT2D eigenvalue weighted by molar-refractivity contribution is 0.422. The first-order valence-corrected chi connectivity index (χ1v) is 6.06. The van der Waals surface area contributed by atoms with E-state index in [1.165, 1.54) is 6.07 Å². The summed E-state index contributed by atoms with van der Waals surface area (Å²) in [4.78, 5) is 0. The lowest BCUT2D eigenvalue weighted by Crippen LogP contribution is -2.35. The van der Waals surface area contributed by atoms with Crippen LogP contribution in [-0.4, -0.2) is 19.3 Å². The van der Waals surface area contributed by atoms with Crippen molar-refractivity contribution in [2.24, 2.45) is 5.14 Å². The highest BCUT2D eigenvalue weighted by atomic mass is 32.2. The van der Waals surface area contributed by atoms with Crippen LogP contribution >= 0.6 is 0 Å². The van der Waals surface area contributed by atoms with Crippen LogP contribution in [0.3, 0.4) is 0 Å². The molecule has 0 atom stereocenters. The SMILES string of the molecule is CCN(Cc1ccc(F)c(F)c1)S(N)(=O)=O. The molecule has 7 heteroatoms. The zero-order valence-corrected chi connectivity index (χ0v) is 9.47. The van der Waals surface area contributed by atoms with Gasteiger partial charge in [-0.2, -0.15) is 12.7 Å². The van der Waals surface area contributed by atoms with Gasteiger partial charge in [-0.05, 0) is 17.7 Å². The molecule has 1 aromatic carbocycles. The topological polar surface area (TPSA) is 63.4 Å². The third kappa shape index (κ3) is 3.22. The first-order chi connectivity index (χ1) is 7.34. The monoisotopic (exact) mass is 250 g/mol. The van der Waals surface area contributed by atoms with Gasteiger partial charge in [-0.15, -0.1) is 0 Å². The van der Waals surface area contributed by atoms with Crippen LogP contribution in [0.15, 0.2) is 18.2 Å². The summed E-state index contributed by atoms with van der Waals surface area (Å²) in [5, 5.41) is 4.94. The molecule has 1 rings (SSSR count). The minimum absolute atomic E-state index is 0.0769. The maximum Gasteiger partial charge on any atom is 0.277 e. The number of hydrogen-bond donors (Lipinski definition) is 1. The largest absolute Gasteiger partial charge is 0.277 e. The van der Waals surface area contributed by atoms with Gasteiger partial charge in [0.2, 0.25) is 0 Å². The zero-order valence-electron chi connectivity index (χ0n) is 8.65. The fourth-order valence-corrected chi connectivity index (χ4v) is 1.91. The van der Waals surface area contributed by atoms with Gasteiger partial charge in [-0.25, -0.2) is 13.9 Å². The van der Waals surface area contributed by atoms with Crippen LogP contribution in [-0.2, 0) is 16.8 Å². The van der Waals surface area contributed by atoms with Gasteiger partial charge in [0.15, 0.2) is 11.6 Å². The quantitative estimate of drug-likeness (QED) is 0.866. The highest BCUT2D eigenvalue weighted by Crippen LogP contribution is 2.11. The van der Waals surface area contributed by atoms with E-state index >= 15 is 0 Å². The van der Waals surface area contributed by atoms with Crippen LogP contribution in [0.25, 0.3) is 0 Å². The van der Waals surface area contributed by atoms with Gasteiger partial charge in [0.1, 0.15) is 0 Å². The third-order valence-corrected chi connectivity index (χ3v) is 3.16. The Morgan fingerprint density at radius 1 is 1.31 bits per heavy atom. The molecule has 2 N–H and O–H groups in total. The number of benzene rings is 1. The van der Waals surface area contributed by atoms with Crippen LogP contribution in [0.2, 0.25) is 0 Å². The molecular weight excluding hydrogens is 238 g/mol. The lowest BCUT2D eigenvalue weighted by Gasteiger charge is -2.17. The van der Waals surface area contributed by atoms with Crippen molar-refractivity contribution in [1.82, 2.24) is 4.31 Å². The van der Waals surface area contributed by atoms with Crippen molar-refractivity contribution in [2.45, 2.75) is 13.5 Å². The summed E-state index contributed by atoms with van der Waals surface area (Å²) < 4.78 is 48.5. The van der Waals surface area contributed by atoms with Gasteiger partial charge in [-0.3, -0.25) is 0 Å². The predicted molar refractivity (Wildman–Crippen MR) is 55.5 cm³/mol. The van der Waals surface area contributed by atoms with E-state index in [-0.39, 0.29) is 13.1 Å². The highest BCUT2D eigenvalue weighted by Gasteiger charge is 2.16. The number of nitrogens with two attached hydrogens (primary N) is 1. The second-order valence-corrected chi connectivity index (χ2v) is 4.77. The number of halogens is 2. The summed E-state index contributed by atoms with van der Waals surface area (Å²) >= 11 is 0. The summed E-state index contributed by atoms with van der Waals surface area (Å²) in [6, 6.07) is 3.21. The van der Waals surface area contributed by atoms with Gasteiger partial charge in [0.05, 0.1) is 0 Å². The molecule has 16 heavy (non-hydrogen) atoms. The van der Waals surface area contributed by atoms with Gasteiger partial charge in [-0.1, -0.05) is 13.0 Å². The summed E-state index contributed by atoms with van der Waals surface area (Å²) in [5.74, 6) is -1.98. The minimum Gasteiger partial charge on any atom is -0.216 e. The molecular formula is C9H12F2N2O2S. The number of hydrogen-bond acceptors (Lipinski definition) is 2. The molecule has 0 radical (unpaired) electrons. The molecule has 0 saturated carbocycles. The van der Waals surface area contributed by atoms with E-state index in [2.05, 4.69) is 0 Å². The Morgan fingerprint density at radius 2 is 1.94 bits per heavy atom. The standard InChI is InChI=1S/C9H12F2N2O2S/c1-2-13(16(12,14)15)6-7-3-4-8(10)9(11)5-7/h3-5H,2,6H2,1H3,(H2,12,14,15). The first kappa shape index (κ1) is 13.0. The minimum atomic E-state index is -3.82. The van der Waals surface area contributed by atoms with Crippen LogP contribution in [0.4, 0.5) is 8.78 Å². The van der Waals surface area contributed by atoms with Crippen LogP contribution in [0, 0.1) is 11.6 Å². The summed E-state index contributed by atoms with van der Waals surface area (Å²) in [6.07, 6.45) is 0. The second kappa shape index (κ2) is 4.86. The molecule has 0 spiro atoms. The Labute approximate surface area is 92.9 Å². The van der Waals surface area contributed by atoms with Crippen molar-refractivity contribution in [3.05, 3.63) is 35.4 Å². The fourth-order valence-electron chi connectivity index (χ4n) is 1.22. The van der Waals surface area contributed by atoms with E-state index in [0.717, 1.165) is 16.4 Å². The molecule has 1 aromatic rings. The molecule has 4 nitrogen and oxygen atoms in total.